The van der Waals surface area contributed by atoms with E-state index in [1.165, 1.54) is 41.6 Å². The minimum Gasteiger partial charge on any atom is -0.351 e. The number of hydrogen-bond acceptors (Lipinski definition) is 2. The first-order valence-corrected chi connectivity index (χ1v) is 8.57. The number of thiophene rings is 1. The average Bonchev–Trinajstić information content (AvgIpc) is 2.96. The normalized spacial score (nSPS) is 20.7. The fourth-order valence-electron chi connectivity index (χ4n) is 3.15. The molecule has 1 N–H and O–H groups in total. The zero-order valence-electron chi connectivity index (χ0n) is 11.7. The van der Waals surface area contributed by atoms with Crippen LogP contribution in [0, 0.1) is 5.41 Å². The third-order valence-corrected chi connectivity index (χ3v) is 6.10. The van der Waals surface area contributed by atoms with Crippen LogP contribution in [-0.2, 0) is 6.54 Å². The maximum atomic E-state index is 4.44. The highest BCUT2D eigenvalue weighted by atomic mass is 127. The second kappa shape index (κ2) is 6.96. The van der Waals surface area contributed by atoms with Crippen molar-refractivity contribution in [2.24, 2.45) is 10.4 Å². The predicted octanol–water partition coefficient (Wildman–Crippen LogP) is 4.08. The molecule has 2 fully saturated rings. The Morgan fingerprint density at radius 2 is 2.30 bits per heavy atom. The van der Waals surface area contributed by atoms with Crippen molar-refractivity contribution in [3.63, 3.8) is 0 Å². The molecule has 0 radical (unpaired) electrons. The van der Waals surface area contributed by atoms with Gasteiger partial charge in [0.25, 0.3) is 0 Å². The van der Waals surface area contributed by atoms with E-state index in [1.54, 1.807) is 11.3 Å². The van der Waals surface area contributed by atoms with Crippen molar-refractivity contribution < 1.29 is 0 Å². The molecule has 1 aromatic heterocycles. The third kappa shape index (κ3) is 3.50. The molecule has 2 heterocycles. The van der Waals surface area contributed by atoms with Gasteiger partial charge in [-0.3, -0.25) is 4.99 Å². The van der Waals surface area contributed by atoms with Gasteiger partial charge >= 0.3 is 0 Å². The molecule has 0 aromatic carbocycles. The second-order valence-corrected chi connectivity index (χ2v) is 7.57. The molecule has 1 spiro atoms. The highest BCUT2D eigenvalue weighted by Gasteiger charge is 2.43. The first-order chi connectivity index (χ1) is 9.21. The largest absolute Gasteiger partial charge is 0.351 e. The maximum absolute atomic E-state index is 4.44. The van der Waals surface area contributed by atoms with Crippen molar-refractivity contribution >= 4 is 57.2 Å². The molecule has 20 heavy (non-hydrogen) atoms. The summed E-state index contributed by atoms with van der Waals surface area (Å²) < 4.78 is 1.17. The third-order valence-electron chi connectivity index (χ3n) is 4.41. The van der Waals surface area contributed by atoms with Gasteiger partial charge in [-0.15, -0.1) is 35.3 Å². The molecule has 2 aliphatic rings. The van der Waals surface area contributed by atoms with Gasteiger partial charge in [-0.2, -0.15) is 0 Å². The monoisotopic (exact) mass is 469 g/mol. The fourth-order valence-corrected chi connectivity index (χ4v) is 4.54. The summed E-state index contributed by atoms with van der Waals surface area (Å²) in [4.78, 5) is 8.21. The van der Waals surface area contributed by atoms with Crippen LogP contribution in [0.2, 0.25) is 0 Å². The lowest BCUT2D eigenvalue weighted by atomic mass is 9.68. The molecule has 0 atom stereocenters. The van der Waals surface area contributed by atoms with Crippen molar-refractivity contribution in [2.45, 2.75) is 32.2 Å². The van der Waals surface area contributed by atoms with Crippen molar-refractivity contribution in [3.8, 4) is 0 Å². The van der Waals surface area contributed by atoms with E-state index in [0.29, 0.717) is 5.41 Å². The number of nitrogens with zero attached hydrogens (tertiary/aromatic N) is 2. The van der Waals surface area contributed by atoms with Crippen LogP contribution in [0.25, 0.3) is 0 Å². The molecule has 0 unspecified atom stereocenters. The van der Waals surface area contributed by atoms with E-state index < -0.39 is 0 Å². The number of nitrogens with one attached hydrogen (secondary N) is 1. The molecule has 112 valence electrons. The summed E-state index contributed by atoms with van der Waals surface area (Å²) in [6, 6.07) is 2.17. The van der Waals surface area contributed by atoms with Gasteiger partial charge in [0.15, 0.2) is 5.96 Å². The lowest BCUT2D eigenvalue weighted by Crippen LogP contribution is -2.42. The maximum Gasteiger partial charge on any atom is 0.193 e. The van der Waals surface area contributed by atoms with Crippen LogP contribution in [0.4, 0.5) is 0 Å². The molecule has 3 rings (SSSR count). The molecule has 0 amide bonds. The van der Waals surface area contributed by atoms with Crippen LogP contribution in [0.5, 0.6) is 0 Å². The van der Waals surface area contributed by atoms with E-state index in [2.05, 4.69) is 42.6 Å². The Kier molecular flexibility index (Phi) is 5.76. The second-order valence-electron chi connectivity index (χ2n) is 5.66. The van der Waals surface area contributed by atoms with Crippen molar-refractivity contribution in [1.82, 2.24) is 10.2 Å². The van der Waals surface area contributed by atoms with E-state index in [4.69, 9.17) is 0 Å². The van der Waals surface area contributed by atoms with Gasteiger partial charge < -0.3 is 10.2 Å². The molecule has 0 bridgehead atoms. The topological polar surface area (TPSA) is 27.6 Å². The molecular formula is C14H21BrIN3S. The first-order valence-electron chi connectivity index (χ1n) is 6.89. The molecule has 1 saturated heterocycles. The SMILES string of the molecule is CN=C(NCc1cc(Br)cs1)N1CCC2(CCC2)C1.I. The lowest BCUT2D eigenvalue weighted by molar-refractivity contribution is 0.151. The van der Waals surface area contributed by atoms with Crippen molar-refractivity contribution in [3.05, 3.63) is 20.8 Å². The zero-order valence-corrected chi connectivity index (χ0v) is 16.4. The Hall–Kier alpha value is 0.180. The quantitative estimate of drug-likeness (QED) is 0.401. The van der Waals surface area contributed by atoms with E-state index >= 15 is 0 Å². The zero-order chi connectivity index (χ0) is 13.3. The summed E-state index contributed by atoms with van der Waals surface area (Å²) in [5.41, 5.74) is 0.629. The molecule has 1 aromatic rings. The molecular weight excluding hydrogens is 449 g/mol. The number of likely N-dealkylation sites (tertiary alicyclic amines) is 1. The highest BCUT2D eigenvalue weighted by molar-refractivity contribution is 14.0. The predicted molar refractivity (Wildman–Crippen MR) is 100 cm³/mol. The van der Waals surface area contributed by atoms with Crippen LogP contribution in [-0.4, -0.2) is 31.0 Å². The fraction of sp³-hybridized carbons (Fsp3) is 0.643. The average molecular weight is 470 g/mol. The van der Waals surface area contributed by atoms with E-state index in [0.717, 1.165) is 19.0 Å². The lowest BCUT2D eigenvalue weighted by Gasteiger charge is -2.38. The number of guanidine groups is 1. The van der Waals surface area contributed by atoms with Crippen molar-refractivity contribution in [2.75, 3.05) is 20.1 Å². The summed E-state index contributed by atoms with van der Waals surface area (Å²) in [5.74, 6) is 1.06. The van der Waals surface area contributed by atoms with Gasteiger partial charge in [0.2, 0.25) is 0 Å². The van der Waals surface area contributed by atoms with E-state index in [1.807, 2.05) is 7.05 Å². The van der Waals surface area contributed by atoms with E-state index in [-0.39, 0.29) is 24.0 Å². The van der Waals surface area contributed by atoms with Crippen LogP contribution >= 0.6 is 51.2 Å². The van der Waals surface area contributed by atoms with Gasteiger partial charge in [0.1, 0.15) is 0 Å². The van der Waals surface area contributed by atoms with Gasteiger partial charge in [0.05, 0.1) is 6.54 Å². The summed E-state index contributed by atoms with van der Waals surface area (Å²) in [6.45, 7) is 3.22. The van der Waals surface area contributed by atoms with Gasteiger partial charge in [0, 0.05) is 34.9 Å². The molecule has 3 nitrogen and oxygen atoms in total. The number of halogens is 2. The van der Waals surface area contributed by atoms with Gasteiger partial charge in [-0.05, 0) is 46.7 Å². The number of aliphatic imine (C=N–C) groups is 1. The number of hydrogen-bond donors (Lipinski definition) is 1. The molecule has 1 aliphatic heterocycles. The van der Waals surface area contributed by atoms with E-state index in [9.17, 15) is 0 Å². The van der Waals surface area contributed by atoms with Crippen LogP contribution in [0.1, 0.15) is 30.6 Å². The van der Waals surface area contributed by atoms with Gasteiger partial charge in [-0.25, -0.2) is 0 Å². The molecule has 6 heteroatoms. The molecule has 1 saturated carbocycles. The molecule has 1 aliphatic carbocycles. The Balaban J connectivity index is 0.00000147. The summed E-state index contributed by atoms with van der Waals surface area (Å²) in [7, 11) is 1.89. The highest BCUT2D eigenvalue weighted by Crippen LogP contribution is 2.47. The van der Waals surface area contributed by atoms with Crippen LogP contribution in [0.15, 0.2) is 20.9 Å². The summed E-state index contributed by atoms with van der Waals surface area (Å²) >= 11 is 5.27. The summed E-state index contributed by atoms with van der Waals surface area (Å²) in [6.07, 6.45) is 5.60. The minimum absolute atomic E-state index is 0. The Morgan fingerprint density at radius 1 is 1.50 bits per heavy atom. The minimum atomic E-state index is 0. The van der Waals surface area contributed by atoms with Crippen LogP contribution in [0.3, 0.4) is 0 Å². The Morgan fingerprint density at radius 3 is 2.80 bits per heavy atom. The van der Waals surface area contributed by atoms with Crippen molar-refractivity contribution in [1.29, 1.82) is 0 Å². The first kappa shape index (κ1) is 16.5. The Labute approximate surface area is 150 Å². The summed E-state index contributed by atoms with van der Waals surface area (Å²) in [5, 5.41) is 5.62. The van der Waals surface area contributed by atoms with Crippen LogP contribution < -0.4 is 5.32 Å². The standard InChI is InChI=1S/C14H20BrN3S.HI/c1-16-13(17-8-12-7-11(15)9-19-12)18-6-5-14(10-18)3-2-4-14;/h7,9H,2-6,8,10H2,1H3,(H,16,17);1H. The smallest absolute Gasteiger partial charge is 0.193 e. The number of rotatable bonds is 2. The Bertz CT molecular complexity index is 485. The van der Waals surface area contributed by atoms with Gasteiger partial charge in [-0.1, -0.05) is 6.42 Å².